The molecule has 1 aliphatic heterocycles. The van der Waals surface area contributed by atoms with Crippen LogP contribution in [0.5, 0.6) is 0 Å². The average molecular weight is 280 g/mol. The van der Waals surface area contributed by atoms with Crippen molar-refractivity contribution in [2.45, 2.75) is 25.4 Å². The fourth-order valence-corrected chi connectivity index (χ4v) is 3.26. The summed E-state index contributed by atoms with van der Waals surface area (Å²) < 4.78 is 0. The van der Waals surface area contributed by atoms with Crippen LogP contribution in [0.1, 0.15) is 24.1 Å². The van der Waals surface area contributed by atoms with E-state index in [0.717, 1.165) is 19.5 Å². The van der Waals surface area contributed by atoms with E-state index >= 15 is 0 Å². The van der Waals surface area contributed by atoms with Gasteiger partial charge in [0.2, 0.25) is 0 Å². The second-order valence-corrected chi connectivity index (χ2v) is 6.21. The van der Waals surface area contributed by atoms with E-state index in [4.69, 9.17) is 5.73 Å². The molecule has 0 saturated carbocycles. The van der Waals surface area contributed by atoms with Gasteiger partial charge in [0.05, 0.1) is 0 Å². The van der Waals surface area contributed by atoms with Crippen LogP contribution < -0.4 is 5.73 Å². The Morgan fingerprint density at radius 1 is 1.00 bits per heavy atom. The van der Waals surface area contributed by atoms with Gasteiger partial charge in [-0.25, -0.2) is 0 Å². The molecule has 0 spiro atoms. The molecule has 3 unspecified atom stereocenters. The molecule has 2 N–H and O–H groups in total. The zero-order valence-electron chi connectivity index (χ0n) is 12.7. The van der Waals surface area contributed by atoms with Crippen molar-refractivity contribution < 1.29 is 0 Å². The Labute approximate surface area is 127 Å². The Morgan fingerprint density at radius 2 is 1.62 bits per heavy atom. The number of nitrogens with two attached hydrogens (primary N) is 1. The second-order valence-electron chi connectivity index (χ2n) is 6.21. The van der Waals surface area contributed by atoms with E-state index in [9.17, 15) is 0 Å². The quantitative estimate of drug-likeness (QED) is 0.931. The van der Waals surface area contributed by atoms with Crippen LogP contribution >= 0.6 is 0 Å². The molecule has 3 atom stereocenters. The minimum atomic E-state index is 0.298. The van der Waals surface area contributed by atoms with Crippen molar-refractivity contribution in [3.63, 3.8) is 0 Å². The predicted molar refractivity (Wildman–Crippen MR) is 88.0 cm³/mol. The molecular formula is C19H24N2. The standard InChI is InChI=1S/C19H24N2/c1-15-13-21(14-18(15)20)19(17-10-6-3-7-11-17)12-16-8-4-2-5-9-16/h2-11,15,18-19H,12-14,20H2,1H3. The van der Waals surface area contributed by atoms with Crippen LogP contribution in [0.25, 0.3) is 0 Å². The SMILES string of the molecule is CC1CN(C(Cc2ccccc2)c2ccccc2)CC1N. The summed E-state index contributed by atoms with van der Waals surface area (Å²) in [6.45, 7) is 4.34. The van der Waals surface area contributed by atoms with Crippen LogP contribution in [0, 0.1) is 5.92 Å². The van der Waals surface area contributed by atoms with Crippen LogP contribution in [0.4, 0.5) is 0 Å². The van der Waals surface area contributed by atoms with Crippen molar-refractivity contribution in [3.8, 4) is 0 Å². The molecule has 0 aromatic heterocycles. The molecule has 1 heterocycles. The van der Waals surface area contributed by atoms with E-state index in [-0.39, 0.29) is 0 Å². The molecule has 2 nitrogen and oxygen atoms in total. The van der Waals surface area contributed by atoms with Crippen molar-refractivity contribution in [1.82, 2.24) is 4.90 Å². The summed E-state index contributed by atoms with van der Waals surface area (Å²) in [7, 11) is 0. The largest absolute Gasteiger partial charge is 0.326 e. The molecule has 1 aliphatic rings. The fourth-order valence-electron chi connectivity index (χ4n) is 3.26. The van der Waals surface area contributed by atoms with Gasteiger partial charge in [0.1, 0.15) is 0 Å². The van der Waals surface area contributed by atoms with Gasteiger partial charge in [-0.15, -0.1) is 0 Å². The molecule has 2 heteroatoms. The first-order chi connectivity index (χ1) is 10.2. The van der Waals surface area contributed by atoms with Crippen LogP contribution in [-0.4, -0.2) is 24.0 Å². The summed E-state index contributed by atoms with van der Waals surface area (Å²) in [6.07, 6.45) is 1.05. The Morgan fingerprint density at radius 3 is 2.19 bits per heavy atom. The third-order valence-electron chi connectivity index (χ3n) is 4.60. The maximum absolute atomic E-state index is 6.24. The molecule has 110 valence electrons. The maximum Gasteiger partial charge on any atom is 0.0389 e. The summed E-state index contributed by atoms with van der Waals surface area (Å²) in [5, 5.41) is 0. The van der Waals surface area contributed by atoms with E-state index in [1.165, 1.54) is 11.1 Å². The summed E-state index contributed by atoms with van der Waals surface area (Å²) in [5.41, 5.74) is 9.02. The summed E-state index contributed by atoms with van der Waals surface area (Å²) in [4.78, 5) is 2.55. The van der Waals surface area contributed by atoms with E-state index in [1.54, 1.807) is 0 Å². The first-order valence-electron chi connectivity index (χ1n) is 7.82. The van der Waals surface area contributed by atoms with Crippen molar-refractivity contribution in [1.29, 1.82) is 0 Å². The number of nitrogens with zero attached hydrogens (tertiary/aromatic N) is 1. The maximum atomic E-state index is 6.24. The Balaban J connectivity index is 1.85. The van der Waals surface area contributed by atoms with Gasteiger partial charge >= 0.3 is 0 Å². The molecule has 0 radical (unpaired) electrons. The Hall–Kier alpha value is -1.64. The number of benzene rings is 2. The number of hydrogen-bond donors (Lipinski definition) is 1. The van der Waals surface area contributed by atoms with Gasteiger partial charge in [0.15, 0.2) is 0 Å². The van der Waals surface area contributed by atoms with Crippen molar-refractivity contribution in [3.05, 3.63) is 71.8 Å². The van der Waals surface area contributed by atoms with Gasteiger partial charge in [-0.1, -0.05) is 67.6 Å². The summed E-state index contributed by atoms with van der Waals surface area (Å²) in [5.74, 6) is 0.576. The van der Waals surface area contributed by atoms with Crippen LogP contribution in [-0.2, 0) is 6.42 Å². The zero-order chi connectivity index (χ0) is 14.7. The van der Waals surface area contributed by atoms with Gasteiger partial charge in [0, 0.05) is 25.2 Å². The van der Waals surface area contributed by atoms with Crippen LogP contribution in [0.15, 0.2) is 60.7 Å². The minimum Gasteiger partial charge on any atom is -0.326 e. The topological polar surface area (TPSA) is 29.3 Å². The lowest BCUT2D eigenvalue weighted by Crippen LogP contribution is -2.31. The smallest absolute Gasteiger partial charge is 0.0389 e. The molecule has 1 saturated heterocycles. The van der Waals surface area contributed by atoms with Gasteiger partial charge in [-0.05, 0) is 23.5 Å². The van der Waals surface area contributed by atoms with Crippen molar-refractivity contribution in [2.24, 2.45) is 11.7 Å². The molecule has 2 aromatic rings. The first-order valence-corrected chi connectivity index (χ1v) is 7.82. The van der Waals surface area contributed by atoms with Gasteiger partial charge in [-0.3, -0.25) is 4.90 Å². The number of hydrogen-bond acceptors (Lipinski definition) is 2. The van der Waals surface area contributed by atoms with Crippen LogP contribution in [0.2, 0.25) is 0 Å². The third-order valence-corrected chi connectivity index (χ3v) is 4.60. The van der Waals surface area contributed by atoms with E-state index in [2.05, 4.69) is 72.5 Å². The van der Waals surface area contributed by atoms with E-state index in [1.807, 2.05) is 0 Å². The fraction of sp³-hybridized carbons (Fsp3) is 0.368. The van der Waals surface area contributed by atoms with Gasteiger partial charge < -0.3 is 5.73 Å². The van der Waals surface area contributed by atoms with E-state index in [0.29, 0.717) is 18.0 Å². The lowest BCUT2D eigenvalue weighted by Gasteiger charge is -2.28. The number of likely N-dealkylation sites (tertiary alicyclic amines) is 1. The summed E-state index contributed by atoms with van der Waals surface area (Å²) in [6, 6.07) is 22.3. The van der Waals surface area contributed by atoms with Crippen molar-refractivity contribution in [2.75, 3.05) is 13.1 Å². The molecule has 0 bridgehead atoms. The predicted octanol–water partition coefficient (Wildman–Crippen LogP) is 3.25. The molecule has 21 heavy (non-hydrogen) atoms. The third kappa shape index (κ3) is 3.34. The second kappa shape index (κ2) is 6.42. The highest BCUT2D eigenvalue weighted by molar-refractivity contribution is 5.24. The minimum absolute atomic E-state index is 0.298. The lowest BCUT2D eigenvalue weighted by molar-refractivity contribution is 0.235. The average Bonchev–Trinajstić information content (AvgIpc) is 2.86. The Kier molecular flexibility index (Phi) is 4.37. The zero-order valence-corrected chi connectivity index (χ0v) is 12.7. The summed E-state index contributed by atoms with van der Waals surface area (Å²) >= 11 is 0. The van der Waals surface area contributed by atoms with Crippen LogP contribution in [0.3, 0.4) is 0 Å². The molecular weight excluding hydrogens is 256 g/mol. The first kappa shape index (κ1) is 14.3. The normalized spacial score (nSPS) is 24.1. The molecule has 3 rings (SSSR count). The highest BCUT2D eigenvalue weighted by Gasteiger charge is 2.32. The lowest BCUT2D eigenvalue weighted by atomic mass is 9.97. The highest BCUT2D eigenvalue weighted by atomic mass is 15.2. The highest BCUT2D eigenvalue weighted by Crippen LogP contribution is 2.30. The molecule has 0 amide bonds. The van der Waals surface area contributed by atoms with Gasteiger partial charge in [0.25, 0.3) is 0 Å². The Bertz CT molecular complexity index is 542. The molecule has 2 aromatic carbocycles. The molecule has 0 aliphatic carbocycles. The van der Waals surface area contributed by atoms with Gasteiger partial charge in [-0.2, -0.15) is 0 Å². The van der Waals surface area contributed by atoms with E-state index < -0.39 is 0 Å². The molecule has 1 fully saturated rings. The monoisotopic (exact) mass is 280 g/mol. The van der Waals surface area contributed by atoms with Crippen molar-refractivity contribution >= 4 is 0 Å². The number of rotatable bonds is 4.